The van der Waals surface area contributed by atoms with E-state index in [0.29, 0.717) is 5.92 Å². The van der Waals surface area contributed by atoms with Crippen LogP contribution >= 0.6 is 0 Å². The van der Waals surface area contributed by atoms with E-state index in [1.807, 2.05) is 60.4 Å². The summed E-state index contributed by atoms with van der Waals surface area (Å²) in [6.07, 6.45) is 1.08. The van der Waals surface area contributed by atoms with Crippen molar-refractivity contribution in [3.05, 3.63) is 54.1 Å². The number of anilines is 1. The summed E-state index contributed by atoms with van der Waals surface area (Å²) in [7, 11) is 0. The van der Waals surface area contributed by atoms with E-state index in [-0.39, 0.29) is 6.03 Å². The van der Waals surface area contributed by atoms with Crippen LogP contribution in [0.25, 0.3) is 0 Å². The highest BCUT2D eigenvalue weighted by atomic mass is 16.5. The first-order chi connectivity index (χ1) is 11.1. The zero-order valence-corrected chi connectivity index (χ0v) is 13.6. The summed E-state index contributed by atoms with van der Waals surface area (Å²) < 4.78 is 5.78. The van der Waals surface area contributed by atoms with Gasteiger partial charge in [-0.05, 0) is 55.7 Å². The minimum Gasteiger partial charge on any atom is -0.457 e. The number of ether oxygens (including phenoxy) is 1. The van der Waals surface area contributed by atoms with Crippen molar-refractivity contribution in [2.75, 3.05) is 18.4 Å². The maximum absolute atomic E-state index is 12.2. The fraction of sp³-hybridized carbons (Fsp3) is 0.316. The second-order valence-electron chi connectivity index (χ2n) is 6.21. The van der Waals surface area contributed by atoms with Crippen molar-refractivity contribution in [2.24, 2.45) is 5.92 Å². The summed E-state index contributed by atoms with van der Waals surface area (Å²) in [5, 5.41) is 2.93. The molecule has 4 heteroatoms. The molecule has 1 saturated heterocycles. The second-order valence-corrected chi connectivity index (χ2v) is 6.21. The molecule has 1 unspecified atom stereocenters. The number of carbonyl (C=O) groups is 1. The van der Waals surface area contributed by atoms with E-state index in [1.165, 1.54) is 5.56 Å². The number of nitrogens with one attached hydrogen (secondary N) is 1. The Kier molecular flexibility index (Phi) is 4.51. The number of carbonyl (C=O) groups excluding carboxylic acids is 1. The average Bonchev–Trinajstić information content (AvgIpc) is 2.98. The van der Waals surface area contributed by atoms with Crippen LogP contribution < -0.4 is 10.1 Å². The van der Waals surface area contributed by atoms with Gasteiger partial charge in [-0.1, -0.05) is 24.6 Å². The molecule has 1 heterocycles. The molecule has 1 aliphatic rings. The zero-order chi connectivity index (χ0) is 16.2. The lowest BCUT2D eigenvalue weighted by molar-refractivity contribution is 0.221. The molecule has 0 saturated carbocycles. The van der Waals surface area contributed by atoms with E-state index in [9.17, 15) is 4.79 Å². The largest absolute Gasteiger partial charge is 0.457 e. The van der Waals surface area contributed by atoms with Gasteiger partial charge in [0, 0.05) is 18.8 Å². The molecule has 2 aromatic carbocycles. The molecule has 0 spiro atoms. The molecule has 0 bridgehead atoms. The van der Waals surface area contributed by atoms with Crippen molar-refractivity contribution in [3.8, 4) is 11.5 Å². The number of hydrogen-bond donors (Lipinski definition) is 1. The van der Waals surface area contributed by atoms with Crippen molar-refractivity contribution in [1.29, 1.82) is 0 Å². The van der Waals surface area contributed by atoms with Crippen molar-refractivity contribution >= 4 is 11.7 Å². The summed E-state index contributed by atoms with van der Waals surface area (Å²) >= 11 is 0. The van der Waals surface area contributed by atoms with Crippen molar-refractivity contribution in [1.82, 2.24) is 4.90 Å². The highest BCUT2D eigenvalue weighted by molar-refractivity contribution is 5.89. The van der Waals surface area contributed by atoms with Gasteiger partial charge in [-0.2, -0.15) is 0 Å². The first-order valence-corrected chi connectivity index (χ1v) is 8.01. The van der Waals surface area contributed by atoms with Crippen LogP contribution in [0, 0.1) is 12.8 Å². The highest BCUT2D eigenvalue weighted by Crippen LogP contribution is 2.24. The van der Waals surface area contributed by atoms with Crippen LogP contribution in [0.1, 0.15) is 18.9 Å². The molecule has 3 rings (SSSR count). The van der Waals surface area contributed by atoms with Crippen molar-refractivity contribution < 1.29 is 9.53 Å². The van der Waals surface area contributed by atoms with Gasteiger partial charge in [-0.3, -0.25) is 0 Å². The molecule has 23 heavy (non-hydrogen) atoms. The topological polar surface area (TPSA) is 41.6 Å². The lowest BCUT2D eigenvalue weighted by atomic mass is 10.2. The summed E-state index contributed by atoms with van der Waals surface area (Å²) in [6.45, 7) is 5.88. The summed E-state index contributed by atoms with van der Waals surface area (Å²) in [5.74, 6) is 2.14. The van der Waals surface area contributed by atoms with Gasteiger partial charge < -0.3 is 15.0 Å². The van der Waals surface area contributed by atoms with Crippen molar-refractivity contribution in [3.63, 3.8) is 0 Å². The van der Waals surface area contributed by atoms with E-state index in [1.54, 1.807) is 0 Å². The van der Waals surface area contributed by atoms with Crippen LogP contribution in [0.2, 0.25) is 0 Å². The summed E-state index contributed by atoms with van der Waals surface area (Å²) in [5.41, 5.74) is 1.98. The number of urea groups is 1. The lowest BCUT2D eigenvalue weighted by Crippen LogP contribution is -2.32. The van der Waals surface area contributed by atoms with Crippen LogP contribution in [0.15, 0.2) is 48.5 Å². The summed E-state index contributed by atoms with van der Waals surface area (Å²) in [6, 6.07) is 15.3. The number of hydrogen-bond acceptors (Lipinski definition) is 2. The lowest BCUT2D eigenvalue weighted by Gasteiger charge is -2.17. The van der Waals surface area contributed by atoms with Crippen LogP contribution in [-0.4, -0.2) is 24.0 Å². The number of likely N-dealkylation sites (tertiary alicyclic amines) is 1. The molecule has 2 aromatic rings. The molecule has 4 nitrogen and oxygen atoms in total. The fourth-order valence-electron chi connectivity index (χ4n) is 2.67. The molecule has 1 N–H and O–H groups in total. The van der Waals surface area contributed by atoms with Gasteiger partial charge in [0.2, 0.25) is 0 Å². The maximum Gasteiger partial charge on any atom is 0.321 e. The monoisotopic (exact) mass is 310 g/mol. The van der Waals surface area contributed by atoms with E-state index in [4.69, 9.17) is 4.74 Å². The van der Waals surface area contributed by atoms with Gasteiger partial charge in [0.25, 0.3) is 0 Å². The van der Waals surface area contributed by atoms with E-state index < -0.39 is 0 Å². The van der Waals surface area contributed by atoms with Crippen LogP contribution in [-0.2, 0) is 0 Å². The molecule has 0 aromatic heterocycles. The molecule has 1 fully saturated rings. The van der Waals surface area contributed by atoms with E-state index in [0.717, 1.165) is 36.7 Å². The Hall–Kier alpha value is -2.49. The third kappa shape index (κ3) is 4.03. The second kappa shape index (κ2) is 6.73. The predicted molar refractivity (Wildman–Crippen MR) is 92.1 cm³/mol. The Morgan fingerprint density at radius 3 is 2.26 bits per heavy atom. The number of nitrogens with zero attached hydrogens (tertiary/aromatic N) is 1. The normalized spacial score (nSPS) is 17.1. The van der Waals surface area contributed by atoms with Gasteiger partial charge in [0.1, 0.15) is 11.5 Å². The van der Waals surface area contributed by atoms with Gasteiger partial charge in [0.05, 0.1) is 0 Å². The first kappa shape index (κ1) is 15.4. The SMILES string of the molecule is Cc1ccc(Oc2ccc(NC(=O)N3CCC(C)C3)cc2)cc1. The maximum atomic E-state index is 12.2. The Morgan fingerprint density at radius 2 is 1.70 bits per heavy atom. The standard InChI is InChI=1S/C19H22N2O2/c1-14-3-7-17(8-4-14)23-18-9-5-16(6-10-18)20-19(22)21-12-11-15(2)13-21/h3-10,15H,11-13H2,1-2H3,(H,20,22). The Bertz CT molecular complexity index is 665. The number of amides is 2. The third-order valence-electron chi connectivity index (χ3n) is 4.07. The fourth-order valence-corrected chi connectivity index (χ4v) is 2.67. The molecular weight excluding hydrogens is 288 g/mol. The first-order valence-electron chi connectivity index (χ1n) is 8.01. The van der Waals surface area contributed by atoms with Gasteiger partial charge in [-0.15, -0.1) is 0 Å². The van der Waals surface area contributed by atoms with Crippen LogP contribution in [0.5, 0.6) is 11.5 Å². The Labute approximate surface area is 137 Å². The third-order valence-corrected chi connectivity index (χ3v) is 4.07. The molecule has 0 radical (unpaired) electrons. The minimum absolute atomic E-state index is 0.0263. The zero-order valence-electron chi connectivity index (χ0n) is 13.6. The van der Waals surface area contributed by atoms with Crippen molar-refractivity contribution in [2.45, 2.75) is 20.3 Å². The van der Waals surface area contributed by atoms with Gasteiger partial charge in [-0.25, -0.2) is 4.79 Å². The number of rotatable bonds is 3. The number of benzene rings is 2. The Morgan fingerprint density at radius 1 is 1.09 bits per heavy atom. The van der Waals surface area contributed by atoms with Gasteiger partial charge >= 0.3 is 6.03 Å². The van der Waals surface area contributed by atoms with Crippen LogP contribution in [0.4, 0.5) is 10.5 Å². The molecule has 1 aliphatic heterocycles. The van der Waals surface area contributed by atoms with Gasteiger partial charge in [0.15, 0.2) is 0 Å². The van der Waals surface area contributed by atoms with E-state index in [2.05, 4.69) is 12.2 Å². The minimum atomic E-state index is -0.0263. The smallest absolute Gasteiger partial charge is 0.321 e. The summed E-state index contributed by atoms with van der Waals surface area (Å²) in [4.78, 5) is 14.0. The van der Waals surface area contributed by atoms with Crippen LogP contribution in [0.3, 0.4) is 0 Å². The highest BCUT2D eigenvalue weighted by Gasteiger charge is 2.22. The quantitative estimate of drug-likeness (QED) is 0.895. The van der Waals surface area contributed by atoms with E-state index >= 15 is 0 Å². The molecule has 1 atom stereocenters. The Balaban J connectivity index is 1.58. The average molecular weight is 310 g/mol. The molecule has 120 valence electrons. The number of aryl methyl sites for hydroxylation is 1. The predicted octanol–water partition coefficient (Wildman–Crippen LogP) is 4.66. The molecular formula is C19H22N2O2. The molecule has 2 amide bonds. The molecule has 0 aliphatic carbocycles.